The van der Waals surface area contributed by atoms with Crippen molar-refractivity contribution in [1.29, 1.82) is 0 Å². The van der Waals surface area contributed by atoms with Crippen LogP contribution in [0.4, 0.5) is 9.59 Å². The van der Waals surface area contributed by atoms with Gasteiger partial charge in [-0.2, -0.15) is 0 Å². The molecule has 1 fully saturated rings. The van der Waals surface area contributed by atoms with Crippen molar-refractivity contribution in [2.45, 2.75) is 104 Å². The first-order valence-corrected chi connectivity index (χ1v) is 12.6. The van der Waals surface area contributed by atoms with Gasteiger partial charge >= 0.3 is 24.1 Å². The SMILES string of the molecule is CCOC(=O)C(CCCNC(=O)OC(C)(C)C)(OC1CCN(C(=O)OC(C)(C)C)CC1)C(=O)OCC. The van der Waals surface area contributed by atoms with Gasteiger partial charge in [-0.25, -0.2) is 19.2 Å². The van der Waals surface area contributed by atoms with E-state index in [0.717, 1.165) is 0 Å². The number of alkyl carbamates (subject to hydrolysis) is 1. The second-order valence-corrected chi connectivity index (χ2v) is 10.6. The van der Waals surface area contributed by atoms with E-state index in [1.54, 1.807) is 60.3 Å². The average Bonchev–Trinajstić information content (AvgIpc) is 2.74. The summed E-state index contributed by atoms with van der Waals surface area (Å²) in [7, 11) is 0. The first-order chi connectivity index (χ1) is 16.6. The van der Waals surface area contributed by atoms with Gasteiger partial charge in [0, 0.05) is 26.1 Å². The molecule has 0 atom stereocenters. The van der Waals surface area contributed by atoms with E-state index in [0.29, 0.717) is 25.9 Å². The second kappa shape index (κ2) is 13.7. The molecule has 1 saturated heterocycles. The molecule has 0 spiro atoms. The highest BCUT2D eigenvalue weighted by Gasteiger charge is 2.52. The molecule has 0 aromatic rings. The predicted molar refractivity (Wildman–Crippen MR) is 131 cm³/mol. The van der Waals surface area contributed by atoms with Gasteiger partial charge in [-0.15, -0.1) is 0 Å². The maximum absolute atomic E-state index is 13.1. The fourth-order valence-electron chi connectivity index (χ4n) is 3.55. The maximum Gasteiger partial charge on any atom is 0.410 e. The van der Waals surface area contributed by atoms with Crippen LogP contribution in [0.2, 0.25) is 0 Å². The number of hydrogen-bond acceptors (Lipinski definition) is 9. The summed E-state index contributed by atoms with van der Waals surface area (Å²) in [5.41, 5.74) is -3.25. The Morgan fingerprint density at radius 2 is 1.33 bits per heavy atom. The van der Waals surface area contributed by atoms with Gasteiger partial charge < -0.3 is 33.9 Å². The number of ether oxygens (including phenoxy) is 5. The van der Waals surface area contributed by atoms with Gasteiger partial charge in [0.2, 0.25) is 0 Å². The molecule has 36 heavy (non-hydrogen) atoms. The van der Waals surface area contributed by atoms with Gasteiger partial charge in [0.15, 0.2) is 0 Å². The monoisotopic (exact) mass is 516 g/mol. The molecule has 1 N–H and O–H groups in total. The molecule has 0 aromatic heterocycles. The Kier molecular flexibility index (Phi) is 11.9. The number of amides is 2. The van der Waals surface area contributed by atoms with E-state index in [4.69, 9.17) is 23.7 Å². The largest absolute Gasteiger partial charge is 0.463 e. The smallest absolute Gasteiger partial charge is 0.410 e. The highest BCUT2D eigenvalue weighted by molar-refractivity contribution is 6.03. The van der Waals surface area contributed by atoms with E-state index in [9.17, 15) is 19.2 Å². The van der Waals surface area contributed by atoms with Gasteiger partial charge in [-0.1, -0.05) is 0 Å². The van der Waals surface area contributed by atoms with Crippen molar-refractivity contribution in [2.75, 3.05) is 32.8 Å². The summed E-state index contributed by atoms with van der Waals surface area (Å²) >= 11 is 0. The molecule has 0 radical (unpaired) electrons. The van der Waals surface area contributed by atoms with E-state index in [1.165, 1.54) is 0 Å². The molecule has 1 aliphatic heterocycles. The topological polar surface area (TPSA) is 130 Å². The number of esters is 2. The zero-order chi connectivity index (χ0) is 27.6. The highest BCUT2D eigenvalue weighted by atomic mass is 16.6. The van der Waals surface area contributed by atoms with Crippen LogP contribution < -0.4 is 5.32 Å². The van der Waals surface area contributed by atoms with E-state index in [2.05, 4.69) is 5.32 Å². The van der Waals surface area contributed by atoms with Crippen LogP contribution in [0.25, 0.3) is 0 Å². The van der Waals surface area contributed by atoms with Gasteiger partial charge in [0.1, 0.15) is 11.2 Å². The zero-order valence-corrected chi connectivity index (χ0v) is 23.1. The quantitative estimate of drug-likeness (QED) is 0.200. The molecule has 11 heteroatoms. The highest BCUT2D eigenvalue weighted by Crippen LogP contribution is 2.29. The lowest BCUT2D eigenvalue weighted by molar-refractivity contribution is -0.202. The number of nitrogens with one attached hydrogen (secondary N) is 1. The van der Waals surface area contributed by atoms with Crippen LogP contribution in [0.3, 0.4) is 0 Å². The third-order valence-electron chi connectivity index (χ3n) is 5.05. The van der Waals surface area contributed by atoms with Gasteiger partial charge in [0.25, 0.3) is 5.60 Å². The summed E-state index contributed by atoms with van der Waals surface area (Å²) in [5, 5.41) is 2.62. The first-order valence-electron chi connectivity index (χ1n) is 12.6. The van der Waals surface area contributed by atoms with Crippen LogP contribution in [0.5, 0.6) is 0 Å². The van der Waals surface area contributed by atoms with Gasteiger partial charge in [-0.05, 0) is 74.7 Å². The summed E-state index contributed by atoms with van der Waals surface area (Å²) in [6, 6.07) is 0. The summed E-state index contributed by atoms with van der Waals surface area (Å²) < 4.78 is 27.2. The van der Waals surface area contributed by atoms with Crippen molar-refractivity contribution in [1.82, 2.24) is 10.2 Å². The Bertz CT molecular complexity index is 730. The number of carbonyl (C=O) groups excluding carboxylic acids is 4. The van der Waals surface area contributed by atoms with Crippen molar-refractivity contribution in [3.05, 3.63) is 0 Å². The second-order valence-electron chi connectivity index (χ2n) is 10.6. The Hall–Kier alpha value is -2.56. The Morgan fingerprint density at radius 3 is 1.78 bits per heavy atom. The molecule has 0 saturated carbocycles. The molecule has 0 unspecified atom stereocenters. The van der Waals surface area contributed by atoms with Crippen LogP contribution >= 0.6 is 0 Å². The predicted octanol–water partition coefficient (Wildman–Crippen LogP) is 3.57. The fourth-order valence-corrected chi connectivity index (χ4v) is 3.55. The molecule has 0 bridgehead atoms. The lowest BCUT2D eigenvalue weighted by Crippen LogP contribution is -2.55. The summed E-state index contributed by atoms with van der Waals surface area (Å²) in [6.07, 6.45) is -0.546. The van der Waals surface area contributed by atoms with Crippen molar-refractivity contribution < 1.29 is 42.9 Å². The number of likely N-dealkylation sites (tertiary alicyclic amines) is 1. The molecule has 1 rings (SSSR count). The first kappa shape index (κ1) is 31.5. The lowest BCUT2D eigenvalue weighted by Gasteiger charge is -2.37. The van der Waals surface area contributed by atoms with Crippen LogP contribution in [0.1, 0.15) is 81.1 Å². The van der Waals surface area contributed by atoms with Crippen LogP contribution in [-0.2, 0) is 33.3 Å². The Morgan fingerprint density at radius 1 is 0.833 bits per heavy atom. The maximum atomic E-state index is 13.1. The molecule has 2 amide bonds. The van der Waals surface area contributed by atoms with Gasteiger partial charge in [-0.3, -0.25) is 0 Å². The van der Waals surface area contributed by atoms with Crippen molar-refractivity contribution >= 4 is 24.1 Å². The number of piperidine rings is 1. The Labute approximate surface area is 214 Å². The van der Waals surface area contributed by atoms with Crippen molar-refractivity contribution in [3.63, 3.8) is 0 Å². The molecule has 1 aliphatic rings. The van der Waals surface area contributed by atoms with Crippen molar-refractivity contribution in [2.24, 2.45) is 0 Å². The van der Waals surface area contributed by atoms with Crippen LogP contribution in [0.15, 0.2) is 0 Å². The molecule has 11 nitrogen and oxygen atoms in total. The third kappa shape index (κ3) is 10.6. The van der Waals surface area contributed by atoms with E-state index in [1.807, 2.05) is 0 Å². The molecule has 0 aliphatic carbocycles. The normalized spacial score (nSPS) is 15.2. The summed E-state index contributed by atoms with van der Waals surface area (Å²) in [6.45, 7) is 14.9. The summed E-state index contributed by atoms with van der Waals surface area (Å²) in [5.74, 6) is -1.68. The molecule has 1 heterocycles. The van der Waals surface area contributed by atoms with Gasteiger partial charge in [0.05, 0.1) is 19.3 Å². The summed E-state index contributed by atoms with van der Waals surface area (Å²) in [4.78, 5) is 52.0. The standard InChI is InChI=1S/C25H44N2O9/c1-9-32-19(28)25(20(29)33-10-2,14-11-15-26-21(30)35-23(3,4)5)34-18-12-16-27(17-13-18)22(31)36-24(6,7)8/h18H,9-17H2,1-8H3,(H,26,30). The van der Waals surface area contributed by atoms with Crippen LogP contribution in [0, 0.1) is 0 Å². The van der Waals surface area contributed by atoms with Crippen LogP contribution in [-0.4, -0.2) is 84.8 Å². The van der Waals surface area contributed by atoms with E-state index < -0.39 is 47.0 Å². The number of hydrogen-bond donors (Lipinski definition) is 1. The third-order valence-corrected chi connectivity index (χ3v) is 5.05. The average molecular weight is 517 g/mol. The number of rotatable bonds is 10. The minimum atomic E-state index is -1.99. The van der Waals surface area contributed by atoms with E-state index >= 15 is 0 Å². The minimum absolute atomic E-state index is 0.0522. The minimum Gasteiger partial charge on any atom is -0.463 e. The molecule has 208 valence electrons. The lowest BCUT2D eigenvalue weighted by atomic mass is 9.95. The van der Waals surface area contributed by atoms with E-state index in [-0.39, 0.29) is 32.6 Å². The molecule has 0 aromatic carbocycles. The fraction of sp³-hybridized carbons (Fsp3) is 0.840. The molecular formula is C25H44N2O9. The number of nitrogens with zero attached hydrogens (tertiary/aromatic N) is 1. The Balaban J connectivity index is 2.93. The number of carbonyl (C=O) groups is 4. The van der Waals surface area contributed by atoms with Crippen molar-refractivity contribution in [3.8, 4) is 0 Å². The zero-order valence-electron chi connectivity index (χ0n) is 23.1. The molecular weight excluding hydrogens is 472 g/mol.